The van der Waals surface area contributed by atoms with E-state index in [9.17, 15) is 14.5 Å². The molecule has 0 bridgehead atoms. The van der Waals surface area contributed by atoms with Gasteiger partial charge in [0.1, 0.15) is 5.82 Å². The quantitative estimate of drug-likeness (QED) is 0.513. The van der Waals surface area contributed by atoms with Crippen molar-refractivity contribution in [3.05, 3.63) is 32.5 Å². The van der Waals surface area contributed by atoms with Crippen LogP contribution < -0.4 is 4.74 Å². The SMILES string of the molecule is O=[N+]([O-])c1cc(F)c(Br)cc1OCCCO. The number of aliphatic hydroxyl groups is 1. The first-order valence-corrected chi connectivity index (χ1v) is 5.22. The Kier molecular flexibility index (Phi) is 4.63. The molecule has 0 saturated heterocycles. The third-order valence-corrected chi connectivity index (χ3v) is 2.37. The standard InChI is InChI=1S/C9H9BrFNO4/c10-6-4-9(16-3-1-2-13)8(12(14)15)5-7(6)11/h4-5,13H,1-3H2. The van der Waals surface area contributed by atoms with Gasteiger partial charge in [0.25, 0.3) is 0 Å². The molecule has 0 atom stereocenters. The highest BCUT2D eigenvalue weighted by Crippen LogP contribution is 2.32. The van der Waals surface area contributed by atoms with Crippen LogP contribution in [0.4, 0.5) is 10.1 Å². The van der Waals surface area contributed by atoms with Gasteiger partial charge in [0, 0.05) is 19.1 Å². The molecule has 1 aromatic rings. The molecule has 1 N–H and O–H groups in total. The minimum Gasteiger partial charge on any atom is -0.487 e. The fourth-order valence-electron chi connectivity index (χ4n) is 1.02. The summed E-state index contributed by atoms with van der Waals surface area (Å²) in [6.45, 7) is 0.0611. The third kappa shape index (κ3) is 3.14. The molecule has 7 heteroatoms. The molecule has 0 amide bonds. The molecule has 0 heterocycles. The van der Waals surface area contributed by atoms with Gasteiger partial charge in [-0.05, 0) is 15.9 Å². The zero-order chi connectivity index (χ0) is 12.1. The van der Waals surface area contributed by atoms with Crippen molar-refractivity contribution in [3.63, 3.8) is 0 Å². The van der Waals surface area contributed by atoms with Gasteiger partial charge in [0.2, 0.25) is 0 Å². The molecule has 0 aliphatic heterocycles. The Morgan fingerprint density at radius 2 is 2.25 bits per heavy atom. The van der Waals surface area contributed by atoms with Crippen LogP contribution in [0.1, 0.15) is 6.42 Å². The van der Waals surface area contributed by atoms with Gasteiger partial charge in [-0.1, -0.05) is 0 Å². The van der Waals surface area contributed by atoms with Crippen LogP contribution in [0.2, 0.25) is 0 Å². The van der Waals surface area contributed by atoms with E-state index in [1.807, 2.05) is 0 Å². The van der Waals surface area contributed by atoms with Crippen LogP contribution in [0, 0.1) is 15.9 Å². The van der Waals surface area contributed by atoms with Gasteiger partial charge in [0.15, 0.2) is 5.75 Å². The molecule has 0 aromatic heterocycles. The van der Waals surface area contributed by atoms with Gasteiger partial charge < -0.3 is 9.84 Å². The van der Waals surface area contributed by atoms with Gasteiger partial charge in [-0.3, -0.25) is 10.1 Å². The first-order valence-electron chi connectivity index (χ1n) is 4.43. The lowest BCUT2D eigenvalue weighted by molar-refractivity contribution is -0.386. The summed E-state index contributed by atoms with van der Waals surface area (Å²) in [6.07, 6.45) is 0.353. The van der Waals surface area contributed by atoms with Crippen molar-refractivity contribution in [1.29, 1.82) is 0 Å². The van der Waals surface area contributed by atoms with Crippen LogP contribution >= 0.6 is 15.9 Å². The normalized spacial score (nSPS) is 10.2. The smallest absolute Gasteiger partial charge is 0.313 e. The second kappa shape index (κ2) is 5.76. The summed E-state index contributed by atoms with van der Waals surface area (Å²) in [5.74, 6) is -0.743. The zero-order valence-electron chi connectivity index (χ0n) is 8.15. The maximum Gasteiger partial charge on any atom is 0.313 e. The number of nitro groups is 1. The summed E-state index contributed by atoms with van der Waals surface area (Å²) in [6, 6.07) is 1.99. The van der Waals surface area contributed by atoms with E-state index in [0.717, 1.165) is 6.07 Å². The number of nitro benzene ring substituents is 1. The van der Waals surface area contributed by atoms with E-state index in [-0.39, 0.29) is 23.4 Å². The first-order chi connectivity index (χ1) is 7.56. The van der Waals surface area contributed by atoms with Crippen molar-refractivity contribution >= 4 is 21.6 Å². The highest BCUT2D eigenvalue weighted by molar-refractivity contribution is 9.10. The molecule has 16 heavy (non-hydrogen) atoms. The van der Waals surface area contributed by atoms with E-state index >= 15 is 0 Å². The Labute approximate surface area is 99.1 Å². The highest BCUT2D eigenvalue weighted by Gasteiger charge is 2.18. The summed E-state index contributed by atoms with van der Waals surface area (Å²) in [5, 5.41) is 19.2. The van der Waals surface area contributed by atoms with Crippen molar-refractivity contribution in [2.45, 2.75) is 6.42 Å². The van der Waals surface area contributed by atoms with Crippen LogP contribution in [0.5, 0.6) is 5.75 Å². The molecule has 5 nitrogen and oxygen atoms in total. The highest BCUT2D eigenvalue weighted by atomic mass is 79.9. The second-order valence-corrected chi connectivity index (χ2v) is 3.77. The van der Waals surface area contributed by atoms with Crippen molar-refractivity contribution in [3.8, 4) is 5.75 Å². The number of rotatable bonds is 5. The van der Waals surface area contributed by atoms with Crippen molar-refractivity contribution in [1.82, 2.24) is 0 Å². The van der Waals surface area contributed by atoms with Crippen LogP contribution in [0.3, 0.4) is 0 Å². The van der Waals surface area contributed by atoms with E-state index in [2.05, 4.69) is 15.9 Å². The lowest BCUT2D eigenvalue weighted by Crippen LogP contribution is -2.03. The third-order valence-electron chi connectivity index (χ3n) is 1.76. The molecular formula is C9H9BrFNO4. The number of hydrogen-bond donors (Lipinski definition) is 1. The van der Waals surface area contributed by atoms with Crippen molar-refractivity contribution < 1.29 is 19.2 Å². The lowest BCUT2D eigenvalue weighted by Gasteiger charge is -2.06. The van der Waals surface area contributed by atoms with Gasteiger partial charge in [-0.25, -0.2) is 4.39 Å². The number of aliphatic hydroxyl groups excluding tert-OH is 1. The van der Waals surface area contributed by atoms with Gasteiger partial charge in [0.05, 0.1) is 22.1 Å². The summed E-state index contributed by atoms with van der Waals surface area (Å²) >= 11 is 2.91. The fraction of sp³-hybridized carbons (Fsp3) is 0.333. The van der Waals surface area contributed by atoms with Crippen LogP contribution in [0.15, 0.2) is 16.6 Å². The van der Waals surface area contributed by atoms with Gasteiger partial charge in [-0.2, -0.15) is 0 Å². The zero-order valence-corrected chi connectivity index (χ0v) is 9.74. The summed E-state index contributed by atoms with van der Waals surface area (Å²) in [5.41, 5.74) is -0.432. The Morgan fingerprint density at radius 1 is 1.56 bits per heavy atom. The Balaban J connectivity index is 2.95. The largest absolute Gasteiger partial charge is 0.487 e. The molecule has 0 saturated carbocycles. The van der Waals surface area contributed by atoms with Crippen LogP contribution in [0.25, 0.3) is 0 Å². The average molecular weight is 294 g/mol. The summed E-state index contributed by atoms with van der Waals surface area (Å²) in [7, 11) is 0. The molecule has 1 rings (SSSR count). The van der Waals surface area contributed by atoms with Gasteiger partial charge in [-0.15, -0.1) is 0 Å². The molecule has 0 unspecified atom stereocenters. The van der Waals surface area contributed by atoms with E-state index < -0.39 is 16.4 Å². The summed E-state index contributed by atoms with van der Waals surface area (Å²) in [4.78, 5) is 9.89. The van der Waals surface area contributed by atoms with E-state index in [0.29, 0.717) is 6.42 Å². The number of halogens is 2. The Bertz CT molecular complexity index is 399. The second-order valence-electron chi connectivity index (χ2n) is 2.92. The maximum absolute atomic E-state index is 13.1. The number of hydrogen-bond acceptors (Lipinski definition) is 4. The molecular weight excluding hydrogens is 285 g/mol. The molecule has 0 radical (unpaired) electrons. The van der Waals surface area contributed by atoms with Crippen LogP contribution in [-0.4, -0.2) is 23.2 Å². The van der Waals surface area contributed by atoms with Gasteiger partial charge >= 0.3 is 5.69 Å². The molecule has 0 aliphatic rings. The predicted octanol–water partition coefficient (Wildman–Crippen LogP) is 2.26. The van der Waals surface area contributed by atoms with E-state index in [1.165, 1.54) is 6.07 Å². The minimum absolute atomic E-state index is 0.0216. The number of nitrogens with zero attached hydrogens (tertiary/aromatic N) is 1. The first kappa shape index (κ1) is 12.9. The number of benzene rings is 1. The molecule has 0 spiro atoms. The van der Waals surface area contributed by atoms with Crippen LogP contribution in [-0.2, 0) is 0 Å². The monoisotopic (exact) mass is 293 g/mol. The molecule has 0 fully saturated rings. The minimum atomic E-state index is -0.721. The lowest BCUT2D eigenvalue weighted by atomic mass is 10.3. The van der Waals surface area contributed by atoms with Crippen molar-refractivity contribution in [2.24, 2.45) is 0 Å². The van der Waals surface area contributed by atoms with E-state index in [1.54, 1.807) is 0 Å². The average Bonchev–Trinajstić information content (AvgIpc) is 2.23. The number of ether oxygens (including phenoxy) is 1. The molecule has 0 aliphatic carbocycles. The fourth-order valence-corrected chi connectivity index (χ4v) is 1.35. The predicted molar refractivity (Wildman–Crippen MR) is 58.0 cm³/mol. The van der Waals surface area contributed by atoms with Crippen molar-refractivity contribution in [2.75, 3.05) is 13.2 Å². The molecule has 1 aromatic carbocycles. The Hall–Kier alpha value is -1.21. The topological polar surface area (TPSA) is 72.6 Å². The maximum atomic E-state index is 13.1. The summed E-state index contributed by atoms with van der Waals surface area (Å²) < 4.78 is 18.2. The molecule has 88 valence electrons. The Morgan fingerprint density at radius 3 is 2.81 bits per heavy atom. The van der Waals surface area contributed by atoms with E-state index in [4.69, 9.17) is 9.84 Å².